The molecule has 1 heterocycles. The van der Waals surface area contributed by atoms with Crippen molar-refractivity contribution >= 4 is 28.7 Å². The standard InChI is InChI=1S/C22H23N3O3S/c1-15(2)14-28-18-12-8-7-11-17(18)13-23-25-22-24-19(16-9-5-4-6-10-16)20(29-22)21(26)27-3/h4-13,15H,14H2,1-3H3,(H,24,25)/b23-13-. The molecule has 6 nitrogen and oxygen atoms in total. The molecule has 0 saturated heterocycles. The molecule has 3 rings (SSSR count). The van der Waals surface area contributed by atoms with Crippen molar-refractivity contribution in [1.82, 2.24) is 4.98 Å². The number of benzene rings is 2. The molecular weight excluding hydrogens is 386 g/mol. The zero-order valence-electron chi connectivity index (χ0n) is 16.6. The second kappa shape index (κ2) is 9.84. The van der Waals surface area contributed by atoms with Crippen LogP contribution in [0.5, 0.6) is 5.75 Å². The van der Waals surface area contributed by atoms with Gasteiger partial charge in [-0.15, -0.1) is 0 Å². The van der Waals surface area contributed by atoms with Gasteiger partial charge in [0.1, 0.15) is 10.6 Å². The molecule has 0 radical (unpaired) electrons. The van der Waals surface area contributed by atoms with Crippen molar-refractivity contribution in [2.75, 3.05) is 19.1 Å². The van der Waals surface area contributed by atoms with Crippen LogP contribution in [-0.2, 0) is 4.74 Å². The number of carbonyl (C=O) groups is 1. The Labute approximate surface area is 174 Å². The van der Waals surface area contributed by atoms with E-state index < -0.39 is 5.97 Å². The normalized spacial score (nSPS) is 11.0. The van der Waals surface area contributed by atoms with Crippen molar-refractivity contribution in [3.05, 3.63) is 65.0 Å². The van der Waals surface area contributed by atoms with Crippen LogP contribution in [0.2, 0.25) is 0 Å². The van der Waals surface area contributed by atoms with E-state index in [0.29, 0.717) is 28.2 Å². The van der Waals surface area contributed by atoms with E-state index in [1.54, 1.807) is 6.21 Å². The summed E-state index contributed by atoms with van der Waals surface area (Å²) in [4.78, 5) is 17.1. The predicted molar refractivity (Wildman–Crippen MR) is 117 cm³/mol. The van der Waals surface area contributed by atoms with Gasteiger partial charge in [0.2, 0.25) is 5.13 Å². The zero-order chi connectivity index (χ0) is 20.6. The van der Waals surface area contributed by atoms with Crippen LogP contribution < -0.4 is 10.2 Å². The summed E-state index contributed by atoms with van der Waals surface area (Å²) in [5, 5.41) is 4.77. The van der Waals surface area contributed by atoms with E-state index in [1.165, 1.54) is 18.4 Å². The van der Waals surface area contributed by atoms with Gasteiger partial charge in [-0.3, -0.25) is 5.43 Å². The minimum atomic E-state index is -0.425. The first-order chi connectivity index (χ1) is 14.1. The second-order valence-corrected chi connectivity index (χ2v) is 7.67. The molecule has 0 atom stereocenters. The first-order valence-corrected chi connectivity index (χ1v) is 10.1. The molecule has 0 aliphatic carbocycles. The van der Waals surface area contributed by atoms with Crippen LogP contribution in [0.4, 0.5) is 5.13 Å². The van der Waals surface area contributed by atoms with Crippen molar-refractivity contribution in [2.45, 2.75) is 13.8 Å². The Morgan fingerprint density at radius 3 is 2.62 bits per heavy atom. The predicted octanol–water partition coefficient (Wildman–Crippen LogP) is 5.08. The highest BCUT2D eigenvalue weighted by Gasteiger charge is 2.19. The third-order valence-corrected chi connectivity index (χ3v) is 4.84. The third kappa shape index (κ3) is 5.42. The van der Waals surface area contributed by atoms with Crippen molar-refractivity contribution in [1.29, 1.82) is 0 Å². The van der Waals surface area contributed by atoms with Gasteiger partial charge in [-0.2, -0.15) is 5.10 Å². The van der Waals surface area contributed by atoms with Crippen LogP contribution in [0.1, 0.15) is 29.1 Å². The lowest BCUT2D eigenvalue weighted by molar-refractivity contribution is 0.0607. The summed E-state index contributed by atoms with van der Waals surface area (Å²) >= 11 is 1.20. The second-order valence-electron chi connectivity index (χ2n) is 6.67. The van der Waals surface area contributed by atoms with Crippen LogP contribution in [-0.4, -0.2) is 30.9 Å². The Bertz CT molecular complexity index is 984. The largest absolute Gasteiger partial charge is 0.493 e. The van der Waals surface area contributed by atoms with E-state index >= 15 is 0 Å². The molecule has 0 fully saturated rings. The Balaban J connectivity index is 1.79. The lowest BCUT2D eigenvalue weighted by Crippen LogP contribution is -2.06. The van der Waals surface area contributed by atoms with Gasteiger partial charge in [-0.1, -0.05) is 67.6 Å². The quantitative estimate of drug-likeness (QED) is 0.319. The minimum absolute atomic E-state index is 0.425. The average molecular weight is 410 g/mol. The third-order valence-electron chi connectivity index (χ3n) is 3.90. The SMILES string of the molecule is COC(=O)c1sc(N/N=C\c2ccccc2OCC(C)C)nc1-c1ccccc1. The Morgan fingerprint density at radius 1 is 1.17 bits per heavy atom. The fourth-order valence-corrected chi connectivity index (χ4v) is 3.38. The number of aromatic nitrogens is 1. The molecule has 0 bridgehead atoms. The van der Waals surface area contributed by atoms with E-state index in [9.17, 15) is 4.79 Å². The number of hydrazone groups is 1. The number of anilines is 1. The van der Waals surface area contributed by atoms with Gasteiger partial charge in [0.25, 0.3) is 0 Å². The van der Waals surface area contributed by atoms with E-state index in [4.69, 9.17) is 9.47 Å². The number of methoxy groups -OCH3 is 1. The summed E-state index contributed by atoms with van der Waals surface area (Å²) in [6, 6.07) is 17.2. The van der Waals surface area contributed by atoms with Gasteiger partial charge in [0, 0.05) is 11.1 Å². The Morgan fingerprint density at radius 2 is 1.90 bits per heavy atom. The highest BCUT2D eigenvalue weighted by Crippen LogP contribution is 2.31. The number of thiazole rings is 1. The number of nitrogens with one attached hydrogen (secondary N) is 1. The molecule has 0 spiro atoms. The minimum Gasteiger partial charge on any atom is -0.493 e. The number of nitrogens with zero attached hydrogens (tertiary/aromatic N) is 2. The number of carbonyl (C=O) groups excluding carboxylic acids is 1. The molecule has 1 N–H and O–H groups in total. The monoisotopic (exact) mass is 409 g/mol. The van der Waals surface area contributed by atoms with Crippen molar-refractivity contribution in [3.63, 3.8) is 0 Å². The average Bonchev–Trinajstić information content (AvgIpc) is 3.17. The number of para-hydroxylation sites is 1. The molecule has 3 aromatic rings. The van der Waals surface area contributed by atoms with Gasteiger partial charge in [0.15, 0.2) is 0 Å². The number of ether oxygens (including phenoxy) is 2. The molecule has 0 unspecified atom stereocenters. The molecule has 2 aromatic carbocycles. The molecule has 29 heavy (non-hydrogen) atoms. The van der Waals surface area contributed by atoms with Crippen LogP contribution in [0.3, 0.4) is 0 Å². The summed E-state index contributed by atoms with van der Waals surface area (Å²) in [6.45, 7) is 4.83. The smallest absolute Gasteiger partial charge is 0.350 e. The zero-order valence-corrected chi connectivity index (χ0v) is 17.4. The maximum absolute atomic E-state index is 12.2. The van der Waals surface area contributed by atoms with Gasteiger partial charge >= 0.3 is 5.97 Å². The maximum atomic E-state index is 12.2. The lowest BCUT2D eigenvalue weighted by atomic mass is 10.1. The van der Waals surface area contributed by atoms with Crippen LogP contribution in [0, 0.1) is 5.92 Å². The van der Waals surface area contributed by atoms with Crippen molar-refractivity contribution < 1.29 is 14.3 Å². The molecule has 0 aliphatic heterocycles. The van der Waals surface area contributed by atoms with Crippen molar-refractivity contribution in [3.8, 4) is 17.0 Å². The fourth-order valence-electron chi connectivity index (χ4n) is 2.52. The molecule has 1 aromatic heterocycles. The molecule has 150 valence electrons. The summed E-state index contributed by atoms with van der Waals surface area (Å²) in [6.07, 6.45) is 1.68. The van der Waals surface area contributed by atoms with Gasteiger partial charge in [-0.05, 0) is 18.1 Å². The van der Waals surface area contributed by atoms with Gasteiger partial charge in [-0.25, -0.2) is 9.78 Å². The summed E-state index contributed by atoms with van der Waals surface area (Å²) < 4.78 is 10.7. The highest BCUT2D eigenvalue weighted by atomic mass is 32.1. The Kier molecular flexibility index (Phi) is 6.97. The number of hydrogen-bond donors (Lipinski definition) is 1. The maximum Gasteiger partial charge on any atom is 0.350 e. The topological polar surface area (TPSA) is 72.8 Å². The molecule has 7 heteroatoms. The van der Waals surface area contributed by atoms with E-state index in [2.05, 4.69) is 29.4 Å². The number of hydrogen-bond acceptors (Lipinski definition) is 7. The first kappa shape index (κ1) is 20.5. The summed E-state index contributed by atoms with van der Waals surface area (Å²) in [5.41, 5.74) is 5.18. The van der Waals surface area contributed by atoms with Crippen molar-refractivity contribution in [2.24, 2.45) is 11.0 Å². The first-order valence-electron chi connectivity index (χ1n) is 9.24. The summed E-state index contributed by atoms with van der Waals surface area (Å²) in [7, 11) is 1.36. The lowest BCUT2D eigenvalue weighted by Gasteiger charge is -2.10. The van der Waals surface area contributed by atoms with E-state index in [-0.39, 0.29) is 0 Å². The van der Waals surface area contributed by atoms with Gasteiger partial charge in [0.05, 0.1) is 25.6 Å². The molecular formula is C22H23N3O3S. The van der Waals surface area contributed by atoms with E-state index in [0.717, 1.165) is 16.9 Å². The molecule has 0 amide bonds. The summed E-state index contributed by atoms with van der Waals surface area (Å²) in [5.74, 6) is 0.776. The van der Waals surface area contributed by atoms with Crippen LogP contribution >= 0.6 is 11.3 Å². The van der Waals surface area contributed by atoms with Crippen LogP contribution in [0.25, 0.3) is 11.3 Å². The fraction of sp³-hybridized carbons (Fsp3) is 0.227. The Hall–Kier alpha value is -3.19. The van der Waals surface area contributed by atoms with Crippen LogP contribution in [0.15, 0.2) is 59.7 Å². The molecule has 0 saturated carbocycles. The number of esters is 1. The van der Waals surface area contributed by atoms with E-state index in [1.807, 2.05) is 54.6 Å². The van der Waals surface area contributed by atoms with Gasteiger partial charge < -0.3 is 9.47 Å². The highest BCUT2D eigenvalue weighted by molar-refractivity contribution is 7.17. The number of rotatable bonds is 8. The molecule has 0 aliphatic rings.